The van der Waals surface area contributed by atoms with E-state index in [1.54, 1.807) is 0 Å². The summed E-state index contributed by atoms with van der Waals surface area (Å²) in [5.74, 6) is 0.736. The highest BCUT2D eigenvalue weighted by atomic mass is 16.3. The van der Waals surface area contributed by atoms with Crippen LogP contribution >= 0.6 is 0 Å². The molecule has 1 N–H and O–H groups in total. The largest absolute Gasteiger partial charge is 0.385 e. The zero-order valence-electron chi connectivity index (χ0n) is 9.66. The Labute approximate surface area is 92.1 Å². The molecular formula is C14H20O. The molecule has 1 heteroatoms. The van der Waals surface area contributed by atoms with Crippen molar-refractivity contribution >= 4 is 0 Å². The highest BCUT2D eigenvalue weighted by molar-refractivity contribution is 5.30. The van der Waals surface area contributed by atoms with Gasteiger partial charge >= 0.3 is 0 Å². The van der Waals surface area contributed by atoms with Gasteiger partial charge in [0.15, 0.2) is 0 Å². The Morgan fingerprint density at radius 2 is 2.00 bits per heavy atom. The molecule has 1 aliphatic carbocycles. The molecule has 82 valence electrons. The van der Waals surface area contributed by atoms with Gasteiger partial charge in [-0.2, -0.15) is 0 Å². The van der Waals surface area contributed by atoms with Gasteiger partial charge in [0.1, 0.15) is 0 Å². The summed E-state index contributed by atoms with van der Waals surface area (Å²) in [5.41, 5.74) is 1.65. The fourth-order valence-electron chi connectivity index (χ4n) is 2.55. The van der Waals surface area contributed by atoms with Crippen LogP contribution in [0.5, 0.6) is 0 Å². The Hall–Kier alpha value is -0.820. The number of hydrogen-bond acceptors (Lipinski definition) is 1. The Bertz CT molecular complexity index is 337. The summed E-state index contributed by atoms with van der Waals surface area (Å²) in [6, 6.07) is 8.16. The molecule has 0 aliphatic heterocycles. The quantitative estimate of drug-likeness (QED) is 0.800. The fourth-order valence-corrected chi connectivity index (χ4v) is 2.55. The Morgan fingerprint density at radius 3 is 2.53 bits per heavy atom. The van der Waals surface area contributed by atoms with Crippen molar-refractivity contribution in [2.24, 2.45) is 5.92 Å². The summed E-state index contributed by atoms with van der Waals surface area (Å²) in [5, 5.41) is 10.5. The number of aryl methyl sites for hydroxylation is 1. The molecule has 15 heavy (non-hydrogen) atoms. The zero-order valence-corrected chi connectivity index (χ0v) is 9.66. The molecule has 0 saturated heterocycles. The van der Waals surface area contributed by atoms with Crippen LogP contribution in [0.25, 0.3) is 0 Å². The molecule has 2 rings (SSSR count). The minimum absolute atomic E-state index is 0.642. The predicted octanol–water partition coefficient (Wildman–Crippen LogP) is 3.39. The first-order chi connectivity index (χ1) is 7.09. The van der Waals surface area contributed by atoms with Gasteiger partial charge in [0, 0.05) is 0 Å². The van der Waals surface area contributed by atoms with Crippen LogP contribution in [0.2, 0.25) is 0 Å². The Kier molecular flexibility index (Phi) is 2.83. The highest BCUT2D eigenvalue weighted by Gasteiger charge is 2.31. The molecule has 0 aromatic heterocycles. The third-order valence-corrected chi connectivity index (χ3v) is 3.64. The van der Waals surface area contributed by atoms with Crippen LogP contribution in [-0.4, -0.2) is 5.11 Å². The molecule has 1 nitrogen and oxygen atoms in total. The van der Waals surface area contributed by atoms with Gasteiger partial charge in [-0.15, -0.1) is 0 Å². The van der Waals surface area contributed by atoms with Crippen LogP contribution in [0.15, 0.2) is 24.3 Å². The van der Waals surface area contributed by atoms with E-state index in [-0.39, 0.29) is 0 Å². The van der Waals surface area contributed by atoms with Gasteiger partial charge in [0.25, 0.3) is 0 Å². The van der Waals surface area contributed by atoms with Crippen LogP contribution in [0.3, 0.4) is 0 Å². The zero-order chi connectivity index (χ0) is 10.9. The lowest BCUT2D eigenvalue weighted by atomic mass is 9.75. The summed E-state index contributed by atoms with van der Waals surface area (Å²) in [7, 11) is 0. The summed E-state index contributed by atoms with van der Waals surface area (Å²) in [6.07, 6.45) is 4.84. The predicted molar refractivity (Wildman–Crippen MR) is 62.7 cm³/mol. The van der Waals surface area contributed by atoms with Crippen molar-refractivity contribution in [3.05, 3.63) is 35.4 Å². The number of aliphatic hydroxyl groups is 1. The third kappa shape index (κ3) is 2.23. The average molecular weight is 204 g/mol. The molecule has 1 aromatic rings. The minimum Gasteiger partial charge on any atom is -0.385 e. The van der Waals surface area contributed by atoms with Gasteiger partial charge in [-0.25, -0.2) is 0 Å². The SMILES string of the molecule is Cc1ccccc1C(C)(O)CC1CCC1. The van der Waals surface area contributed by atoms with E-state index in [0.29, 0.717) is 0 Å². The molecule has 0 amide bonds. The van der Waals surface area contributed by atoms with Crippen molar-refractivity contribution in [1.29, 1.82) is 0 Å². The summed E-state index contributed by atoms with van der Waals surface area (Å²) in [4.78, 5) is 0. The smallest absolute Gasteiger partial charge is 0.0873 e. The maximum Gasteiger partial charge on any atom is 0.0873 e. The molecule has 0 heterocycles. The lowest BCUT2D eigenvalue weighted by molar-refractivity contribution is 0.0156. The first-order valence-corrected chi connectivity index (χ1v) is 5.88. The summed E-state index contributed by atoms with van der Waals surface area (Å²) in [6.45, 7) is 4.03. The van der Waals surface area contributed by atoms with E-state index in [1.165, 1.54) is 24.8 Å². The van der Waals surface area contributed by atoms with E-state index in [9.17, 15) is 5.11 Å². The highest BCUT2D eigenvalue weighted by Crippen LogP contribution is 2.38. The van der Waals surface area contributed by atoms with Crippen molar-refractivity contribution in [2.45, 2.75) is 45.1 Å². The summed E-state index contributed by atoms with van der Waals surface area (Å²) >= 11 is 0. The lowest BCUT2D eigenvalue weighted by Gasteiger charge is -2.34. The molecule has 0 radical (unpaired) electrons. The van der Waals surface area contributed by atoms with Gasteiger partial charge in [0.05, 0.1) is 5.60 Å². The normalized spacial score (nSPS) is 20.7. The van der Waals surface area contributed by atoms with E-state index in [4.69, 9.17) is 0 Å². The van der Waals surface area contributed by atoms with Crippen molar-refractivity contribution in [1.82, 2.24) is 0 Å². The molecule has 0 bridgehead atoms. The molecule has 1 atom stereocenters. The maximum atomic E-state index is 10.5. The van der Waals surface area contributed by atoms with E-state index in [1.807, 2.05) is 25.1 Å². The topological polar surface area (TPSA) is 20.2 Å². The van der Waals surface area contributed by atoms with Gasteiger partial charge in [0.2, 0.25) is 0 Å². The second kappa shape index (κ2) is 3.97. The van der Waals surface area contributed by atoms with Crippen LogP contribution < -0.4 is 0 Å². The number of hydrogen-bond donors (Lipinski definition) is 1. The van der Waals surface area contributed by atoms with Crippen LogP contribution in [0.4, 0.5) is 0 Å². The van der Waals surface area contributed by atoms with Crippen molar-refractivity contribution in [3.63, 3.8) is 0 Å². The van der Waals surface area contributed by atoms with E-state index in [0.717, 1.165) is 17.9 Å². The average Bonchev–Trinajstić information content (AvgIpc) is 2.12. The second-order valence-electron chi connectivity index (χ2n) is 5.09. The minimum atomic E-state index is -0.642. The van der Waals surface area contributed by atoms with E-state index >= 15 is 0 Å². The third-order valence-electron chi connectivity index (χ3n) is 3.64. The monoisotopic (exact) mass is 204 g/mol. The van der Waals surface area contributed by atoms with E-state index in [2.05, 4.69) is 13.0 Å². The molecule has 1 unspecified atom stereocenters. The molecule has 1 aromatic carbocycles. The first-order valence-electron chi connectivity index (χ1n) is 5.88. The molecule has 1 saturated carbocycles. The molecule has 1 aliphatic rings. The van der Waals surface area contributed by atoms with Crippen molar-refractivity contribution in [2.75, 3.05) is 0 Å². The Balaban J connectivity index is 2.16. The lowest BCUT2D eigenvalue weighted by Crippen LogP contribution is -2.28. The van der Waals surface area contributed by atoms with E-state index < -0.39 is 5.60 Å². The second-order valence-corrected chi connectivity index (χ2v) is 5.09. The number of rotatable bonds is 3. The first kappa shape index (κ1) is 10.7. The fraction of sp³-hybridized carbons (Fsp3) is 0.571. The molecule has 1 fully saturated rings. The summed E-state index contributed by atoms with van der Waals surface area (Å²) < 4.78 is 0. The van der Waals surface area contributed by atoms with Gasteiger partial charge < -0.3 is 5.11 Å². The van der Waals surface area contributed by atoms with Crippen LogP contribution in [0.1, 0.15) is 43.7 Å². The van der Waals surface area contributed by atoms with Crippen molar-refractivity contribution in [3.8, 4) is 0 Å². The van der Waals surface area contributed by atoms with Crippen LogP contribution in [-0.2, 0) is 5.60 Å². The van der Waals surface area contributed by atoms with Crippen molar-refractivity contribution < 1.29 is 5.11 Å². The van der Waals surface area contributed by atoms with Crippen LogP contribution in [0, 0.1) is 12.8 Å². The van der Waals surface area contributed by atoms with Gasteiger partial charge in [-0.1, -0.05) is 43.5 Å². The molecule has 0 spiro atoms. The van der Waals surface area contributed by atoms with Gasteiger partial charge in [-0.05, 0) is 37.3 Å². The molecular weight excluding hydrogens is 184 g/mol. The Morgan fingerprint density at radius 1 is 1.33 bits per heavy atom. The number of benzene rings is 1. The standard InChI is InChI=1S/C14H20O/c1-11-6-3-4-9-13(11)14(2,15)10-12-7-5-8-12/h3-4,6,9,12,15H,5,7-8,10H2,1-2H3. The maximum absolute atomic E-state index is 10.5. The van der Waals surface area contributed by atoms with Gasteiger partial charge in [-0.3, -0.25) is 0 Å².